The summed E-state index contributed by atoms with van der Waals surface area (Å²) >= 11 is 0. The van der Waals surface area contributed by atoms with Gasteiger partial charge in [-0.2, -0.15) is 0 Å². The normalized spacial score (nSPS) is 13.1. The standard InChI is InChI=1S/C17H37N.HI/c1-5-9-13-16(12-8-4)17(18,14-10-6-2)15-11-7-3;/h16H,5-15,18H2,1-4H3;1H. The first kappa shape index (κ1) is 22.0. The Kier molecular flexibility index (Phi) is 15.8. The van der Waals surface area contributed by atoms with Gasteiger partial charge in [-0.05, 0) is 31.6 Å². The van der Waals surface area contributed by atoms with Crippen molar-refractivity contribution in [3.05, 3.63) is 0 Å². The van der Waals surface area contributed by atoms with Crippen LogP contribution >= 0.6 is 24.0 Å². The lowest BCUT2D eigenvalue weighted by atomic mass is 9.73. The molecule has 1 atom stereocenters. The molecule has 0 aliphatic rings. The molecule has 1 nitrogen and oxygen atoms in total. The predicted molar refractivity (Wildman–Crippen MR) is 99.3 cm³/mol. The molecule has 118 valence electrons. The Labute approximate surface area is 139 Å². The highest BCUT2D eigenvalue weighted by Gasteiger charge is 2.32. The summed E-state index contributed by atoms with van der Waals surface area (Å²) in [5, 5.41) is 0. The van der Waals surface area contributed by atoms with Gasteiger partial charge >= 0.3 is 0 Å². The summed E-state index contributed by atoms with van der Waals surface area (Å²) in [5.74, 6) is 0.751. The van der Waals surface area contributed by atoms with Crippen molar-refractivity contribution < 1.29 is 0 Å². The highest BCUT2D eigenvalue weighted by Crippen LogP contribution is 2.33. The van der Waals surface area contributed by atoms with Crippen molar-refractivity contribution in [3.63, 3.8) is 0 Å². The molecule has 0 aromatic carbocycles. The summed E-state index contributed by atoms with van der Waals surface area (Å²) < 4.78 is 0. The van der Waals surface area contributed by atoms with Crippen molar-refractivity contribution in [2.24, 2.45) is 11.7 Å². The molecule has 0 bridgehead atoms. The average Bonchev–Trinajstić information content (AvgIpc) is 2.38. The summed E-state index contributed by atoms with van der Waals surface area (Å²) in [6, 6.07) is 0. The predicted octanol–water partition coefficient (Wildman–Crippen LogP) is 6.29. The number of nitrogens with two attached hydrogens (primary N) is 1. The number of hydrogen-bond donors (Lipinski definition) is 1. The molecule has 1 unspecified atom stereocenters. The van der Waals surface area contributed by atoms with Crippen LogP contribution in [0.3, 0.4) is 0 Å². The van der Waals surface area contributed by atoms with Crippen molar-refractivity contribution in [1.82, 2.24) is 0 Å². The highest BCUT2D eigenvalue weighted by molar-refractivity contribution is 14.0. The van der Waals surface area contributed by atoms with Crippen molar-refractivity contribution in [1.29, 1.82) is 0 Å². The molecule has 19 heavy (non-hydrogen) atoms. The van der Waals surface area contributed by atoms with Gasteiger partial charge in [-0.15, -0.1) is 24.0 Å². The van der Waals surface area contributed by atoms with Crippen molar-refractivity contribution in [2.45, 2.75) is 104 Å². The highest BCUT2D eigenvalue weighted by atomic mass is 127. The zero-order valence-electron chi connectivity index (χ0n) is 13.8. The summed E-state index contributed by atoms with van der Waals surface area (Å²) in [4.78, 5) is 0. The Bertz CT molecular complexity index is 174. The molecule has 0 saturated heterocycles. The maximum atomic E-state index is 6.84. The molecule has 0 fully saturated rings. The third-order valence-corrected chi connectivity index (χ3v) is 4.35. The Morgan fingerprint density at radius 2 is 1.21 bits per heavy atom. The fourth-order valence-electron chi connectivity index (χ4n) is 3.06. The first-order valence-corrected chi connectivity index (χ1v) is 8.43. The smallest absolute Gasteiger partial charge is 0.0182 e. The van der Waals surface area contributed by atoms with E-state index in [2.05, 4.69) is 27.7 Å². The zero-order valence-corrected chi connectivity index (χ0v) is 16.2. The van der Waals surface area contributed by atoms with E-state index in [0.29, 0.717) is 0 Å². The first-order valence-electron chi connectivity index (χ1n) is 8.43. The third-order valence-electron chi connectivity index (χ3n) is 4.35. The molecule has 2 N–H and O–H groups in total. The average molecular weight is 383 g/mol. The van der Waals surface area contributed by atoms with Gasteiger partial charge in [0.1, 0.15) is 0 Å². The zero-order chi connectivity index (χ0) is 13.9. The molecule has 0 aromatic heterocycles. The van der Waals surface area contributed by atoms with Crippen LogP contribution in [0.15, 0.2) is 0 Å². The van der Waals surface area contributed by atoms with E-state index in [1.54, 1.807) is 0 Å². The Balaban J connectivity index is 0. The maximum absolute atomic E-state index is 6.84. The lowest BCUT2D eigenvalue weighted by Crippen LogP contribution is -2.47. The molecular formula is C17H38IN. The van der Waals surface area contributed by atoms with Crippen LogP contribution in [0.5, 0.6) is 0 Å². The van der Waals surface area contributed by atoms with Gasteiger partial charge < -0.3 is 5.73 Å². The minimum absolute atomic E-state index is 0. The number of halogens is 1. The second kappa shape index (κ2) is 13.7. The van der Waals surface area contributed by atoms with E-state index in [1.165, 1.54) is 70.6 Å². The Hall–Kier alpha value is 0.690. The minimum Gasteiger partial charge on any atom is -0.325 e. The quantitative estimate of drug-likeness (QED) is 0.394. The molecule has 0 aromatic rings. The number of hydrogen-bond acceptors (Lipinski definition) is 1. The molecule has 0 amide bonds. The Morgan fingerprint density at radius 1 is 0.737 bits per heavy atom. The van der Waals surface area contributed by atoms with Gasteiger partial charge in [0.2, 0.25) is 0 Å². The lowest BCUT2D eigenvalue weighted by molar-refractivity contribution is 0.196. The molecule has 0 saturated carbocycles. The van der Waals surface area contributed by atoms with Gasteiger partial charge in [0.25, 0.3) is 0 Å². The van der Waals surface area contributed by atoms with Crippen molar-refractivity contribution >= 4 is 24.0 Å². The van der Waals surface area contributed by atoms with Crippen LogP contribution in [0.4, 0.5) is 0 Å². The Morgan fingerprint density at radius 3 is 1.58 bits per heavy atom. The molecule has 0 radical (unpaired) electrons. The maximum Gasteiger partial charge on any atom is 0.0182 e. The molecule has 0 spiro atoms. The molecule has 0 rings (SSSR count). The van der Waals surface area contributed by atoms with Crippen LogP contribution < -0.4 is 5.73 Å². The summed E-state index contributed by atoms with van der Waals surface area (Å²) in [6.07, 6.45) is 14.2. The van der Waals surface area contributed by atoms with Gasteiger partial charge in [-0.1, -0.05) is 72.6 Å². The van der Waals surface area contributed by atoms with Crippen molar-refractivity contribution in [2.75, 3.05) is 0 Å². The fourth-order valence-corrected chi connectivity index (χ4v) is 3.06. The molecule has 0 heterocycles. The second-order valence-electron chi connectivity index (χ2n) is 6.07. The van der Waals surface area contributed by atoms with Crippen LogP contribution in [-0.2, 0) is 0 Å². The molecule has 0 aliphatic heterocycles. The summed E-state index contributed by atoms with van der Waals surface area (Å²) in [5.41, 5.74) is 6.96. The van der Waals surface area contributed by atoms with Gasteiger partial charge in [0, 0.05) is 5.54 Å². The SMILES string of the molecule is CCCCC(CCC)C(N)(CCCC)CCCC.I. The van der Waals surface area contributed by atoms with Gasteiger partial charge in [0.15, 0.2) is 0 Å². The molecule has 2 heteroatoms. The van der Waals surface area contributed by atoms with E-state index in [4.69, 9.17) is 5.73 Å². The topological polar surface area (TPSA) is 26.0 Å². The van der Waals surface area contributed by atoms with Crippen LogP contribution in [0.25, 0.3) is 0 Å². The largest absolute Gasteiger partial charge is 0.325 e. The van der Waals surface area contributed by atoms with E-state index in [1.807, 2.05) is 0 Å². The monoisotopic (exact) mass is 383 g/mol. The lowest BCUT2D eigenvalue weighted by Gasteiger charge is -2.38. The van der Waals surface area contributed by atoms with E-state index in [-0.39, 0.29) is 29.5 Å². The van der Waals surface area contributed by atoms with E-state index >= 15 is 0 Å². The van der Waals surface area contributed by atoms with Gasteiger partial charge in [0.05, 0.1) is 0 Å². The summed E-state index contributed by atoms with van der Waals surface area (Å²) in [6.45, 7) is 9.15. The molecule has 0 aliphatic carbocycles. The van der Waals surface area contributed by atoms with E-state index in [9.17, 15) is 0 Å². The minimum atomic E-state index is 0. The van der Waals surface area contributed by atoms with Crippen molar-refractivity contribution in [3.8, 4) is 0 Å². The van der Waals surface area contributed by atoms with Crippen LogP contribution in [0, 0.1) is 5.92 Å². The second-order valence-corrected chi connectivity index (χ2v) is 6.07. The summed E-state index contributed by atoms with van der Waals surface area (Å²) in [7, 11) is 0. The van der Waals surface area contributed by atoms with Gasteiger partial charge in [-0.3, -0.25) is 0 Å². The third kappa shape index (κ3) is 9.28. The van der Waals surface area contributed by atoms with Gasteiger partial charge in [-0.25, -0.2) is 0 Å². The number of unbranched alkanes of at least 4 members (excludes halogenated alkanes) is 3. The van der Waals surface area contributed by atoms with Crippen LogP contribution in [-0.4, -0.2) is 5.54 Å². The number of rotatable bonds is 12. The first-order chi connectivity index (χ1) is 8.64. The van der Waals surface area contributed by atoms with Crippen LogP contribution in [0.1, 0.15) is 98.3 Å². The van der Waals surface area contributed by atoms with E-state index in [0.717, 1.165) is 5.92 Å². The van der Waals surface area contributed by atoms with E-state index < -0.39 is 0 Å². The molecular weight excluding hydrogens is 345 g/mol. The van der Waals surface area contributed by atoms with Crippen LogP contribution in [0.2, 0.25) is 0 Å². The fraction of sp³-hybridized carbons (Fsp3) is 1.00.